The highest BCUT2D eigenvalue weighted by Crippen LogP contribution is 2.15. The number of anilines is 2. The number of nitrogen functional groups attached to an aromatic ring is 1. The van der Waals surface area contributed by atoms with Gasteiger partial charge in [-0.2, -0.15) is 5.26 Å². The molecule has 0 spiro atoms. The number of aromatic nitrogens is 1. The first-order valence-electron chi connectivity index (χ1n) is 4.59. The first-order valence-corrected chi connectivity index (χ1v) is 4.59. The van der Waals surface area contributed by atoms with Crippen LogP contribution >= 0.6 is 0 Å². The van der Waals surface area contributed by atoms with E-state index in [1.165, 1.54) is 6.20 Å². The van der Waals surface area contributed by atoms with Crippen LogP contribution in [0.4, 0.5) is 11.5 Å². The van der Waals surface area contributed by atoms with Crippen molar-refractivity contribution >= 4 is 11.5 Å². The highest BCUT2D eigenvalue weighted by Gasteiger charge is 2.04. The second kappa shape index (κ2) is 5.17. The van der Waals surface area contributed by atoms with E-state index in [4.69, 9.17) is 15.7 Å². The van der Waals surface area contributed by atoms with E-state index in [-0.39, 0.29) is 6.10 Å². The van der Waals surface area contributed by atoms with E-state index >= 15 is 0 Å². The van der Waals surface area contributed by atoms with Gasteiger partial charge in [0.2, 0.25) is 0 Å². The molecular formula is C10H14N4O. The van der Waals surface area contributed by atoms with Crippen molar-refractivity contribution < 1.29 is 4.74 Å². The van der Waals surface area contributed by atoms with E-state index in [1.54, 1.807) is 13.2 Å². The number of nitrogens with two attached hydrogens (primary N) is 1. The van der Waals surface area contributed by atoms with Gasteiger partial charge in [0.25, 0.3) is 0 Å². The molecule has 1 aromatic heterocycles. The first kappa shape index (κ1) is 11.3. The minimum absolute atomic E-state index is 0.0850. The Morgan fingerprint density at radius 2 is 2.47 bits per heavy atom. The SMILES string of the molecule is CO[C@H](C)CNc1ncc(C#N)cc1N. The maximum absolute atomic E-state index is 8.62. The van der Waals surface area contributed by atoms with Crippen molar-refractivity contribution in [1.82, 2.24) is 4.98 Å². The zero-order valence-electron chi connectivity index (χ0n) is 8.82. The Morgan fingerprint density at radius 1 is 1.73 bits per heavy atom. The van der Waals surface area contributed by atoms with Gasteiger partial charge in [-0.1, -0.05) is 0 Å². The first-order chi connectivity index (χ1) is 7.17. The van der Waals surface area contributed by atoms with Crippen molar-refractivity contribution in [2.24, 2.45) is 0 Å². The van der Waals surface area contributed by atoms with Crippen LogP contribution in [0.5, 0.6) is 0 Å². The minimum Gasteiger partial charge on any atom is -0.396 e. The molecule has 0 bridgehead atoms. The highest BCUT2D eigenvalue weighted by atomic mass is 16.5. The predicted molar refractivity (Wildman–Crippen MR) is 58.3 cm³/mol. The van der Waals surface area contributed by atoms with E-state index in [0.717, 1.165) is 0 Å². The van der Waals surface area contributed by atoms with E-state index in [1.807, 2.05) is 13.0 Å². The number of rotatable bonds is 4. The summed E-state index contributed by atoms with van der Waals surface area (Å²) < 4.78 is 5.07. The lowest BCUT2D eigenvalue weighted by molar-refractivity contribution is 0.128. The van der Waals surface area contributed by atoms with Gasteiger partial charge < -0.3 is 15.8 Å². The van der Waals surface area contributed by atoms with Crippen LogP contribution in [0.1, 0.15) is 12.5 Å². The summed E-state index contributed by atoms with van der Waals surface area (Å²) in [6.45, 7) is 2.56. The van der Waals surface area contributed by atoms with Crippen LogP contribution in [-0.4, -0.2) is 24.7 Å². The molecule has 0 radical (unpaired) electrons. The normalized spacial score (nSPS) is 11.8. The molecule has 0 aliphatic rings. The zero-order chi connectivity index (χ0) is 11.3. The lowest BCUT2D eigenvalue weighted by Gasteiger charge is -2.12. The monoisotopic (exact) mass is 206 g/mol. The summed E-state index contributed by atoms with van der Waals surface area (Å²) in [6.07, 6.45) is 1.57. The number of pyridine rings is 1. The number of nitriles is 1. The summed E-state index contributed by atoms with van der Waals surface area (Å²) in [6, 6.07) is 3.57. The van der Waals surface area contributed by atoms with Crippen LogP contribution in [0.15, 0.2) is 12.3 Å². The Morgan fingerprint density at radius 3 is 3.00 bits per heavy atom. The van der Waals surface area contributed by atoms with E-state index in [0.29, 0.717) is 23.6 Å². The summed E-state index contributed by atoms with van der Waals surface area (Å²) in [5.41, 5.74) is 6.63. The Bertz CT molecular complexity index is 372. The van der Waals surface area contributed by atoms with Crippen LogP contribution in [-0.2, 0) is 4.74 Å². The van der Waals surface area contributed by atoms with Crippen LogP contribution < -0.4 is 11.1 Å². The predicted octanol–water partition coefficient (Wildman–Crippen LogP) is 0.982. The maximum Gasteiger partial charge on any atom is 0.149 e. The molecule has 0 aromatic carbocycles. The standard InChI is InChI=1S/C10H14N4O/c1-7(15-2)5-13-10-9(12)3-8(4-11)6-14-10/h3,6-7H,5,12H2,1-2H3,(H,13,14)/t7-/m1/s1. The highest BCUT2D eigenvalue weighted by molar-refractivity contribution is 5.63. The molecule has 5 heteroatoms. The van der Waals surface area contributed by atoms with Gasteiger partial charge in [0, 0.05) is 19.9 Å². The minimum atomic E-state index is 0.0850. The number of nitrogens with zero attached hydrogens (tertiary/aromatic N) is 2. The van der Waals surface area contributed by atoms with Crippen LogP contribution in [0.2, 0.25) is 0 Å². The van der Waals surface area contributed by atoms with Crippen molar-refractivity contribution in [3.63, 3.8) is 0 Å². The van der Waals surface area contributed by atoms with E-state index in [9.17, 15) is 0 Å². The van der Waals surface area contributed by atoms with E-state index in [2.05, 4.69) is 10.3 Å². The Kier molecular flexibility index (Phi) is 3.89. The summed E-state index contributed by atoms with van der Waals surface area (Å²) >= 11 is 0. The summed E-state index contributed by atoms with van der Waals surface area (Å²) in [7, 11) is 1.64. The Labute approximate surface area is 88.9 Å². The smallest absolute Gasteiger partial charge is 0.149 e. The van der Waals surface area contributed by atoms with Crippen molar-refractivity contribution in [2.75, 3.05) is 24.7 Å². The summed E-state index contributed by atoms with van der Waals surface area (Å²) in [5, 5.41) is 11.7. The van der Waals surface area contributed by atoms with Gasteiger partial charge >= 0.3 is 0 Å². The van der Waals surface area contributed by atoms with Crippen LogP contribution in [0.25, 0.3) is 0 Å². The second-order valence-electron chi connectivity index (χ2n) is 3.20. The molecule has 0 saturated carbocycles. The zero-order valence-corrected chi connectivity index (χ0v) is 8.82. The van der Waals surface area contributed by atoms with Gasteiger partial charge in [-0.25, -0.2) is 4.98 Å². The van der Waals surface area contributed by atoms with E-state index < -0.39 is 0 Å². The molecule has 1 aromatic rings. The van der Waals surface area contributed by atoms with Crippen LogP contribution in [0, 0.1) is 11.3 Å². The molecule has 0 fully saturated rings. The second-order valence-corrected chi connectivity index (χ2v) is 3.20. The van der Waals surface area contributed by atoms with Crippen molar-refractivity contribution in [2.45, 2.75) is 13.0 Å². The quantitative estimate of drug-likeness (QED) is 0.767. The van der Waals surface area contributed by atoms with Gasteiger partial charge in [-0.3, -0.25) is 0 Å². The van der Waals surface area contributed by atoms with Gasteiger partial charge in [0.1, 0.15) is 11.9 Å². The molecule has 5 nitrogen and oxygen atoms in total. The third kappa shape index (κ3) is 3.11. The molecule has 0 aliphatic carbocycles. The Hall–Kier alpha value is -1.80. The molecule has 0 aliphatic heterocycles. The van der Waals surface area contributed by atoms with Gasteiger partial charge in [-0.05, 0) is 13.0 Å². The number of hydrogen-bond donors (Lipinski definition) is 2. The average Bonchev–Trinajstić information content (AvgIpc) is 2.26. The number of hydrogen-bond acceptors (Lipinski definition) is 5. The molecule has 1 atom stereocenters. The topological polar surface area (TPSA) is 84.0 Å². The summed E-state index contributed by atoms with van der Waals surface area (Å²) in [5.74, 6) is 0.581. The van der Waals surface area contributed by atoms with Crippen LogP contribution in [0.3, 0.4) is 0 Å². The fourth-order valence-electron chi connectivity index (χ4n) is 1.01. The Balaban J connectivity index is 2.67. The van der Waals surface area contributed by atoms with Crippen molar-refractivity contribution in [1.29, 1.82) is 5.26 Å². The van der Waals surface area contributed by atoms with Gasteiger partial charge in [0.15, 0.2) is 0 Å². The lowest BCUT2D eigenvalue weighted by Crippen LogP contribution is -2.19. The van der Waals surface area contributed by atoms with Crippen molar-refractivity contribution in [3.8, 4) is 6.07 Å². The molecule has 1 rings (SSSR count). The third-order valence-electron chi connectivity index (χ3n) is 2.01. The fraction of sp³-hybridized carbons (Fsp3) is 0.400. The average molecular weight is 206 g/mol. The van der Waals surface area contributed by atoms with Gasteiger partial charge in [-0.15, -0.1) is 0 Å². The fourth-order valence-corrected chi connectivity index (χ4v) is 1.01. The maximum atomic E-state index is 8.62. The lowest BCUT2D eigenvalue weighted by atomic mass is 10.2. The largest absolute Gasteiger partial charge is 0.396 e. The number of methoxy groups -OCH3 is 1. The molecular weight excluding hydrogens is 192 g/mol. The molecule has 0 unspecified atom stereocenters. The molecule has 15 heavy (non-hydrogen) atoms. The number of nitrogens with one attached hydrogen (secondary N) is 1. The molecule has 0 amide bonds. The molecule has 80 valence electrons. The van der Waals surface area contributed by atoms with Gasteiger partial charge in [0.05, 0.1) is 17.4 Å². The molecule has 3 N–H and O–H groups in total. The van der Waals surface area contributed by atoms with Crippen molar-refractivity contribution in [3.05, 3.63) is 17.8 Å². The molecule has 1 heterocycles. The number of ether oxygens (including phenoxy) is 1. The third-order valence-corrected chi connectivity index (χ3v) is 2.01. The molecule has 0 saturated heterocycles. The summed E-state index contributed by atoms with van der Waals surface area (Å²) in [4.78, 5) is 4.04.